The molecule has 2 amide bonds. The van der Waals surface area contributed by atoms with Crippen molar-refractivity contribution in [3.63, 3.8) is 0 Å². The molecule has 5 heteroatoms. The molecule has 124 valence electrons. The highest BCUT2D eigenvalue weighted by Crippen LogP contribution is 2.21. The van der Waals surface area contributed by atoms with E-state index in [0.29, 0.717) is 13.1 Å². The Bertz CT molecular complexity index is 722. The summed E-state index contributed by atoms with van der Waals surface area (Å²) in [5.41, 5.74) is 2.59. The van der Waals surface area contributed by atoms with E-state index in [2.05, 4.69) is 10.2 Å². The maximum absolute atomic E-state index is 12.5. The molecule has 0 atom stereocenters. The van der Waals surface area contributed by atoms with Crippen LogP contribution in [0, 0.1) is 0 Å². The lowest BCUT2D eigenvalue weighted by molar-refractivity contribution is -0.114. The van der Waals surface area contributed by atoms with E-state index in [9.17, 15) is 9.59 Å². The molecule has 0 radical (unpaired) electrons. The van der Waals surface area contributed by atoms with Gasteiger partial charge >= 0.3 is 0 Å². The van der Waals surface area contributed by atoms with Crippen LogP contribution in [0.1, 0.15) is 17.3 Å². The Balaban J connectivity index is 1.63. The molecule has 24 heavy (non-hydrogen) atoms. The van der Waals surface area contributed by atoms with Crippen LogP contribution >= 0.6 is 0 Å². The molecule has 5 nitrogen and oxygen atoms in total. The van der Waals surface area contributed by atoms with Crippen molar-refractivity contribution in [1.29, 1.82) is 0 Å². The molecule has 2 aromatic rings. The monoisotopic (exact) mass is 323 g/mol. The van der Waals surface area contributed by atoms with Crippen LogP contribution in [-0.4, -0.2) is 42.9 Å². The molecule has 0 spiro atoms. The van der Waals surface area contributed by atoms with Crippen LogP contribution in [0.2, 0.25) is 0 Å². The fraction of sp³-hybridized carbons (Fsp3) is 0.263. The third-order valence-electron chi connectivity index (χ3n) is 4.12. The zero-order valence-corrected chi connectivity index (χ0v) is 13.7. The lowest BCUT2D eigenvalue weighted by Gasteiger charge is -2.36. The average Bonchev–Trinajstić information content (AvgIpc) is 2.62. The van der Waals surface area contributed by atoms with Gasteiger partial charge in [-0.05, 0) is 30.3 Å². The number of anilines is 2. The van der Waals surface area contributed by atoms with Crippen molar-refractivity contribution in [3.8, 4) is 0 Å². The number of benzene rings is 2. The van der Waals surface area contributed by atoms with Crippen LogP contribution < -0.4 is 10.2 Å². The predicted octanol–water partition coefficient (Wildman–Crippen LogP) is 2.61. The first kappa shape index (κ1) is 16.1. The van der Waals surface area contributed by atoms with Crippen molar-refractivity contribution in [2.75, 3.05) is 36.4 Å². The molecule has 0 saturated carbocycles. The molecule has 1 aliphatic rings. The van der Waals surface area contributed by atoms with Crippen LogP contribution in [0.15, 0.2) is 54.6 Å². The van der Waals surface area contributed by atoms with E-state index >= 15 is 0 Å². The summed E-state index contributed by atoms with van der Waals surface area (Å²) < 4.78 is 0. The number of rotatable bonds is 3. The Morgan fingerprint density at radius 2 is 1.62 bits per heavy atom. The topological polar surface area (TPSA) is 52.7 Å². The summed E-state index contributed by atoms with van der Waals surface area (Å²) in [6, 6.07) is 17.2. The SMILES string of the molecule is CC(=O)Nc1cccc(N2CCN(C(=O)c3ccccc3)CC2)c1. The second-order valence-corrected chi connectivity index (χ2v) is 5.88. The van der Waals surface area contributed by atoms with Crippen LogP contribution in [0.5, 0.6) is 0 Å². The van der Waals surface area contributed by atoms with Gasteiger partial charge in [-0.3, -0.25) is 9.59 Å². The minimum Gasteiger partial charge on any atom is -0.368 e. The Morgan fingerprint density at radius 1 is 0.917 bits per heavy atom. The molecular weight excluding hydrogens is 302 g/mol. The van der Waals surface area contributed by atoms with Gasteiger partial charge in [0.15, 0.2) is 0 Å². The molecule has 3 rings (SSSR count). The van der Waals surface area contributed by atoms with Gasteiger partial charge in [0.25, 0.3) is 5.91 Å². The van der Waals surface area contributed by atoms with Gasteiger partial charge in [-0.1, -0.05) is 24.3 Å². The third-order valence-corrected chi connectivity index (χ3v) is 4.12. The molecule has 1 N–H and O–H groups in total. The van der Waals surface area contributed by atoms with Gasteiger partial charge in [-0.15, -0.1) is 0 Å². The van der Waals surface area contributed by atoms with E-state index in [1.165, 1.54) is 6.92 Å². The van der Waals surface area contributed by atoms with Crippen LogP contribution in [0.25, 0.3) is 0 Å². The van der Waals surface area contributed by atoms with Gasteiger partial charge in [0.05, 0.1) is 0 Å². The lowest BCUT2D eigenvalue weighted by atomic mass is 10.1. The summed E-state index contributed by atoms with van der Waals surface area (Å²) in [6.07, 6.45) is 0. The van der Waals surface area contributed by atoms with Crippen LogP contribution in [0.4, 0.5) is 11.4 Å². The number of hydrogen-bond acceptors (Lipinski definition) is 3. The summed E-state index contributed by atoms with van der Waals surface area (Å²) in [7, 11) is 0. The lowest BCUT2D eigenvalue weighted by Crippen LogP contribution is -2.48. The van der Waals surface area contributed by atoms with Gasteiger partial charge in [0.2, 0.25) is 5.91 Å². The quantitative estimate of drug-likeness (QED) is 0.945. The summed E-state index contributed by atoms with van der Waals surface area (Å²) in [5, 5.41) is 2.80. The highest BCUT2D eigenvalue weighted by molar-refractivity contribution is 5.94. The van der Waals surface area contributed by atoms with Gasteiger partial charge in [0.1, 0.15) is 0 Å². The Hall–Kier alpha value is -2.82. The van der Waals surface area contributed by atoms with Crippen LogP contribution in [-0.2, 0) is 4.79 Å². The summed E-state index contributed by atoms with van der Waals surface area (Å²) in [5.74, 6) is 0.00711. The third kappa shape index (κ3) is 3.74. The molecule has 1 aliphatic heterocycles. The first-order valence-electron chi connectivity index (χ1n) is 8.10. The number of carbonyl (C=O) groups is 2. The van der Waals surface area contributed by atoms with E-state index < -0.39 is 0 Å². The molecule has 2 aromatic carbocycles. The smallest absolute Gasteiger partial charge is 0.253 e. The average molecular weight is 323 g/mol. The Labute approximate surface area is 141 Å². The number of amides is 2. The number of piperazine rings is 1. The second kappa shape index (κ2) is 7.17. The zero-order valence-electron chi connectivity index (χ0n) is 13.7. The van der Waals surface area contributed by atoms with Gasteiger partial charge < -0.3 is 15.1 Å². The van der Waals surface area contributed by atoms with Gasteiger partial charge in [0, 0.05) is 50.0 Å². The first-order chi connectivity index (χ1) is 11.6. The molecular formula is C19H21N3O2. The van der Waals surface area contributed by atoms with Crippen molar-refractivity contribution in [3.05, 3.63) is 60.2 Å². The Kier molecular flexibility index (Phi) is 4.79. The van der Waals surface area contributed by atoms with Crippen molar-refractivity contribution in [1.82, 2.24) is 4.90 Å². The normalized spacial score (nSPS) is 14.4. The van der Waals surface area contributed by atoms with Crippen LogP contribution in [0.3, 0.4) is 0 Å². The minimum atomic E-state index is -0.0783. The summed E-state index contributed by atoms with van der Waals surface area (Å²) in [4.78, 5) is 27.8. The largest absolute Gasteiger partial charge is 0.368 e. The predicted molar refractivity (Wildman–Crippen MR) is 95.3 cm³/mol. The zero-order chi connectivity index (χ0) is 16.9. The maximum Gasteiger partial charge on any atom is 0.253 e. The first-order valence-corrected chi connectivity index (χ1v) is 8.10. The van der Waals surface area contributed by atoms with Crippen molar-refractivity contribution in [2.45, 2.75) is 6.92 Å². The molecule has 0 aliphatic carbocycles. The van der Waals surface area contributed by atoms with Gasteiger partial charge in [-0.2, -0.15) is 0 Å². The van der Waals surface area contributed by atoms with E-state index in [1.54, 1.807) is 0 Å². The summed E-state index contributed by atoms with van der Waals surface area (Å²) >= 11 is 0. The fourth-order valence-electron chi connectivity index (χ4n) is 2.91. The van der Waals surface area contributed by atoms with Crippen molar-refractivity contribution >= 4 is 23.2 Å². The maximum atomic E-state index is 12.5. The number of nitrogens with one attached hydrogen (secondary N) is 1. The molecule has 1 heterocycles. The van der Waals surface area contributed by atoms with Gasteiger partial charge in [-0.25, -0.2) is 0 Å². The standard InChI is InChI=1S/C19H21N3O2/c1-15(23)20-17-8-5-9-18(14-17)21-10-12-22(13-11-21)19(24)16-6-3-2-4-7-16/h2-9,14H,10-13H2,1H3,(H,20,23). The van der Waals surface area contributed by atoms with E-state index in [1.807, 2.05) is 59.5 Å². The minimum absolute atomic E-state index is 0.0783. The molecule has 1 fully saturated rings. The number of hydrogen-bond donors (Lipinski definition) is 1. The van der Waals surface area contributed by atoms with Crippen molar-refractivity contribution in [2.24, 2.45) is 0 Å². The van der Waals surface area contributed by atoms with E-state index in [0.717, 1.165) is 30.0 Å². The van der Waals surface area contributed by atoms with Crippen molar-refractivity contribution < 1.29 is 9.59 Å². The Morgan fingerprint density at radius 3 is 2.29 bits per heavy atom. The molecule has 0 bridgehead atoms. The molecule has 0 aromatic heterocycles. The molecule has 0 unspecified atom stereocenters. The highest BCUT2D eigenvalue weighted by atomic mass is 16.2. The second-order valence-electron chi connectivity index (χ2n) is 5.88. The number of nitrogens with zero attached hydrogens (tertiary/aromatic N) is 2. The van der Waals surface area contributed by atoms with E-state index in [4.69, 9.17) is 0 Å². The summed E-state index contributed by atoms with van der Waals surface area (Å²) in [6.45, 7) is 4.45. The number of carbonyl (C=O) groups excluding carboxylic acids is 2. The molecule has 1 saturated heterocycles. The fourth-order valence-corrected chi connectivity index (χ4v) is 2.91. The highest BCUT2D eigenvalue weighted by Gasteiger charge is 2.22. The van der Waals surface area contributed by atoms with E-state index in [-0.39, 0.29) is 11.8 Å².